The molecule has 1 N–H and O–H groups in total. The molecule has 4 atom stereocenters. The van der Waals surface area contributed by atoms with Crippen LogP contribution in [0, 0.1) is 10.1 Å². The third-order valence-electron chi connectivity index (χ3n) is 9.37. The minimum atomic E-state index is -0.856. The number of piperidine rings is 1. The van der Waals surface area contributed by atoms with Crippen molar-refractivity contribution in [2.75, 3.05) is 78.3 Å². The number of ether oxygens (including phenoxy) is 7. The Bertz CT molecular complexity index is 1590. The summed E-state index contributed by atoms with van der Waals surface area (Å²) < 4.78 is 41.3. The molecule has 0 amide bonds. The monoisotopic (exact) mass is 751 g/mol. The fourth-order valence-corrected chi connectivity index (χ4v) is 6.59. The Labute approximate surface area is 317 Å². The summed E-state index contributed by atoms with van der Waals surface area (Å²) in [5, 5.41) is 13.1. The number of hydrogen-bond acceptors (Lipinski definition) is 13. The van der Waals surface area contributed by atoms with Gasteiger partial charge in [-0.05, 0) is 79.3 Å². The maximum Gasteiger partial charge on any atom is 0.338 e. The smallest absolute Gasteiger partial charge is 0.338 e. The second-order valence-electron chi connectivity index (χ2n) is 13.4. The van der Waals surface area contributed by atoms with E-state index in [9.17, 15) is 14.9 Å². The predicted molar refractivity (Wildman–Crippen MR) is 201 cm³/mol. The fourth-order valence-electron chi connectivity index (χ4n) is 6.59. The molecule has 2 heterocycles. The first-order valence-electron chi connectivity index (χ1n) is 18.6. The van der Waals surface area contributed by atoms with E-state index in [4.69, 9.17) is 33.2 Å². The Balaban J connectivity index is 1.24. The number of hydrogen-bond donors (Lipinski definition) is 1. The largest absolute Gasteiger partial charge is 0.494 e. The van der Waals surface area contributed by atoms with Crippen LogP contribution in [-0.2, 0) is 41.7 Å². The number of anilines is 1. The van der Waals surface area contributed by atoms with Crippen molar-refractivity contribution in [1.82, 2.24) is 5.32 Å². The molecule has 1 saturated heterocycles. The molecular weight excluding hydrogens is 698 g/mol. The molecule has 0 bridgehead atoms. The van der Waals surface area contributed by atoms with Gasteiger partial charge < -0.3 is 48.2 Å². The van der Waals surface area contributed by atoms with Crippen LogP contribution in [0.25, 0.3) is 0 Å². The lowest BCUT2D eigenvalue weighted by Crippen LogP contribution is -2.51. The van der Waals surface area contributed by atoms with Gasteiger partial charge in [0.15, 0.2) is 0 Å². The van der Waals surface area contributed by atoms with Crippen LogP contribution < -0.4 is 19.7 Å². The van der Waals surface area contributed by atoms with E-state index < -0.39 is 17.2 Å². The topological polar surface area (TPSA) is 149 Å². The fraction of sp³-hybridized carbons (Fsp3) is 0.525. The second-order valence-corrected chi connectivity index (χ2v) is 13.4. The molecule has 0 spiro atoms. The average Bonchev–Trinajstić information content (AvgIpc) is 3.19. The normalized spacial score (nSPS) is 18.6. The zero-order chi connectivity index (χ0) is 38.1. The maximum absolute atomic E-state index is 12.9. The molecule has 5 rings (SSSR count). The summed E-state index contributed by atoms with van der Waals surface area (Å²) in [5.41, 5.74) is 4.07. The van der Waals surface area contributed by atoms with Crippen LogP contribution in [0.4, 0.5) is 5.69 Å². The number of methoxy groups -OCH3 is 2. The van der Waals surface area contributed by atoms with Crippen molar-refractivity contribution in [3.8, 4) is 11.5 Å². The lowest BCUT2D eigenvalue weighted by molar-refractivity contribution is -0.763. The molecule has 3 aromatic rings. The molecule has 0 unspecified atom stereocenters. The Morgan fingerprint density at radius 1 is 0.907 bits per heavy atom. The predicted octanol–water partition coefficient (Wildman–Crippen LogP) is 5.34. The average molecular weight is 752 g/mol. The lowest BCUT2D eigenvalue weighted by Gasteiger charge is -2.39. The highest BCUT2D eigenvalue weighted by Gasteiger charge is 2.36. The van der Waals surface area contributed by atoms with E-state index in [-0.39, 0.29) is 31.3 Å². The number of nitrogens with zero attached hydrogens (tertiary/aromatic N) is 2. The van der Waals surface area contributed by atoms with Crippen molar-refractivity contribution in [3.63, 3.8) is 0 Å². The number of nitrogens with one attached hydrogen (secondary N) is 1. The van der Waals surface area contributed by atoms with Gasteiger partial charge in [-0.15, -0.1) is 10.1 Å². The molecule has 3 aromatic carbocycles. The van der Waals surface area contributed by atoms with E-state index in [1.54, 1.807) is 45.4 Å². The van der Waals surface area contributed by atoms with E-state index in [2.05, 4.69) is 39.3 Å². The van der Waals surface area contributed by atoms with E-state index in [0.717, 1.165) is 60.7 Å². The van der Waals surface area contributed by atoms with Gasteiger partial charge in [0.05, 0.1) is 49.8 Å². The van der Waals surface area contributed by atoms with Gasteiger partial charge in [-0.1, -0.05) is 30.3 Å². The molecular formula is C40H53N3O11. The Hall–Kier alpha value is -4.47. The molecule has 0 aliphatic carbocycles. The van der Waals surface area contributed by atoms with E-state index in [1.165, 1.54) is 0 Å². The first-order chi connectivity index (χ1) is 26.3. The van der Waals surface area contributed by atoms with Gasteiger partial charge in [0.1, 0.15) is 30.8 Å². The molecule has 0 radical (unpaired) electrons. The van der Waals surface area contributed by atoms with Crippen molar-refractivity contribution in [2.24, 2.45) is 0 Å². The van der Waals surface area contributed by atoms with E-state index >= 15 is 0 Å². The number of esters is 1. The van der Waals surface area contributed by atoms with Gasteiger partial charge >= 0.3 is 5.97 Å². The summed E-state index contributed by atoms with van der Waals surface area (Å²) >= 11 is 0. The maximum atomic E-state index is 12.9. The lowest BCUT2D eigenvalue weighted by atomic mass is 9.85. The Morgan fingerprint density at radius 2 is 1.61 bits per heavy atom. The molecule has 0 saturated carbocycles. The zero-order valence-corrected chi connectivity index (χ0v) is 31.4. The number of carbonyl (C=O) groups is 1. The van der Waals surface area contributed by atoms with E-state index in [0.29, 0.717) is 57.3 Å². The van der Waals surface area contributed by atoms with Crippen molar-refractivity contribution in [2.45, 2.75) is 63.6 Å². The zero-order valence-electron chi connectivity index (χ0n) is 31.4. The summed E-state index contributed by atoms with van der Waals surface area (Å²) in [4.78, 5) is 30.1. The first-order valence-corrected chi connectivity index (χ1v) is 18.6. The molecule has 14 nitrogen and oxygen atoms in total. The van der Waals surface area contributed by atoms with Crippen LogP contribution in [0.2, 0.25) is 0 Å². The van der Waals surface area contributed by atoms with E-state index in [1.807, 2.05) is 18.2 Å². The van der Waals surface area contributed by atoms with Gasteiger partial charge in [0.2, 0.25) is 0 Å². The Kier molecular flexibility index (Phi) is 16.2. The van der Waals surface area contributed by atoms with Crippen molar-refractivity contribution in [3.05, 3.63) is 99.1 Å². The molecule has 2 aliphatic heterocycles. The quantitative estimate of drug-likeness (QED) is 0.0610. The van der Waals surface area contributed by atoms with Crippen LogP contribution in [0.15, 0.2) is 66.7 Å². The minimum Gasteiger partial charge on any atom is -0.494 e. The van der Waals surface area contributed by atoms with Gasteiger partial charge in [-0.25, -0.2) is 4.79 Å². The Morgan fingerprint density at radius 3 is 2.35 bits per heavy atom. The van der Waals surface area contributed by atoms with Crippen molar-refractivity contribution >= 4 is 11.7 Å². The third kappa shape index (κ3) is 12.3. The van der Waals surface area contributed by atoms with Crippen LogP contribution in [0.5, 0.6) is 11.5 Å². The number of carbonyl (C=O) groups excluding carboxylic acids is 1. The van der Waals surface area contributed by atoms with Gasteiger partial charge in [-0.3, -0.25) is 0 Å². The summed E-state index contributed by atoms with van der Waals surface area (Å²) in [6.45, 7) is 7.76. The van der Waals surface area contributed by atoms with Crippen molar-refractivity contribution < 1.29 is 47.9 Å². The van der Waals surface area contributed by atoms with Gasteiger partial charge in [0, 0.05) is 53.0 Å². The molecule has 2 aliphatic rings. The molecule has 294 valence electrons. The molecule has 0 aromatic heterocycles. The summed E-state index contributed by atoms with van der Waals surface area (Å²) in [6.07, 6.45) is 1.73. The number of rotatable bonds is 22. The molecule has 1 fully saturated rings. The highest BCUT2D eigenvalue weighted by Crippen LogP contribution is 2.35. The van der Waals surface area contributed by atoms with Gasteiger partial charge in [0.25, 0.3) is 5.09 Å². The standard InChI is InChI=1S/C40H53N3O11/c1-29(54-40(44)33-10-7-30(8-11-33)28-53-43(45)46)26-51-37-24-41-25-38(39(37)32-12-14-34(15-13-32)49-21-5-4-19-47-2)52-27-31-9-16-36-35(23-31)42(18-22-50-36)17-6-20-48-3/h7-16,23,29,37-39,41H,4-6,17-22,24-28H2,1-3H3/t29-,37-,38+,39+/m1/s1. The SMILES string of the molecule is COCCCCOc1ccc([C@@H]2[C@@H](OCc3ccc4c(c3)N(CCCOC)CCO4)CNC[C@H]2OC[C@@H](C)OC(=O)c2ccc(CO[N+](=O)[O-])cc2)cc1. The summed E-state index contributed by atoms with van der Waals surface area (Å²) in [7, 11) is 3.42. The molecule has 14 heteroatoms. The van der Waals surface area contributed by atoms with Crippen LogP contribution in [-0.4, -0.2) is 103 Å². The summed E-state index contributed by atoms with van der Waals surface area (Å²) in [5.74, 6) is 1.04. The minimum absolute atomic E-state index is 0.120. The third-order valence-corrected chi connectivity index (χ3v) is 9.37. The van der Waals surface area contributed by atoms with Crippen LogP contribution >= 0.6 is 0 Å². The number of benzene rings is 3. The van der Waals surface area contributed by atoms with Crippen LogP contribution in [0.3, 0.4) is 0 Å². The van der Waals surface area contributed by atoms with Crippen molar-refractivity contribution in [1.29, 1.82) is 0 Å². The number of fused-ring (bicyclic) bond motifs is 1. The second kappa shape index (κ2) is 21.4. The molecule has 54 heavy (non-hydrogen) atoms. The summed E-state index contributed by atoms with van der Waals surface area (Å²) in [6, 6.07) is 20.7. The van der Waals surface area contributed by atoms with Gasteiger partial charge in [-0.2, -0.15) is 0 Å². The highest BCUT2D eigenvalue weighted by molar-refractivity contribution is 5.89. The number of unbranched alkanes of at least 4 members (excludes halogenated alkanes) is 1. The highest BCUT2D eigenvalue weighted by atomic mass is 16.9. The van der Waals surface area contributed by atoms with Crippen LogP contribution in [0.1, 0.15) is 59.2 Å². The first kappa shape index (κ1) is 40.7.